The molecule has 2 saturated heterocycles. The molecule has 7 heteroatoms. The lowest BCUT2D eigenvalue weighted by atomic mass is 9.78. The first-order chi connectivity index (χ1) is 13.9. The molecule has 2 aliphatic rings. The van der Waals surface area contributed by atoms with Crippen molar-refractivity contribution in [1.29, 1.82) is 0 Å². The molecule has 2 unspecified atom stereocenters. The number of hydrogen-bond donors (Lipinski definition) is 1. The standard InChI is InChI=1S/C23H38N4O2.HI/c1-23(2,3)21-18(7-6-16-29-21)17-25-22(24-4)27-14-12-26(13-15-27)19-8-10-20(28-5)11-9-19;/h8-11,18,21H,6-7,12-17H2,1-5H3,(H,24,25);1H. The van der Waals surface area contributed by atoms with E-state index in [4.69, 9.17) is 9.47 Å². The van der Waals surface area contributed by atoms with Crippen LogP contribution < -0.4 is 15.0 Å². The summed E-state index contributed by atoms with van der Waals surface area (Å²) in [5.74, 6) is 2.44. The molecule has 0 aromatic heterocycles. The van der Waals surface area contributed by atoms with Gasteiger partial charge in [0.2, 0.25) is 0 Å². The molecule has 0 amide bonds. The molecule has 30 heavy (non-hydrogen) atoms. The van der Waals surface area contributed by atoms with Crippen LogP contribution in [0.15, 0.2) is 29.3 Å². The van der Waals surface area contributed by atoms with Gasteiger partial charge in [-0.05, 0) is 42.5 Å². The van der Waals surface area contributed by atoms with Gasteiger partial charge in [-0.15, -0.1) is 24.0 Å². The Morgan fingerprint density at radius 1 is 1.17 bits per heavy atom. The van der Waals surface area contributed by atoms with Crippen LogP contribution in [0, 0.1) is 11.3 Å². The van der Waals surface area contributed by atoms with Crippen molar-refractivity contribution >= 4 is 35.6 Å². The number of halogens is 1. The van der Waals surface area contributed by atoms with Crippen molar-refractivity contribution in [2.45, 2.75) is 39.7 Å². The zero-order chi connectivity index (χ0) is 20.9. The van der Waals surface area contributed by atoms with E-state index in [1.54, 1.807) is 7.11 Å². The first kappa shape index (κ1) is 25.0. The van der Waals surface area contributed by atoms with E-state index in [-0.39, 0.29) is 29.4 Å². The maximum Gasteiger partial charge on any atom is 0.193 e. The Morgan fingerprint density at radius 2 is 1.83 bits per heavy atom. The van der Waals surface area contributed by atoms with Crippen LogP contribution in [0.3, 0.4) is 0 Å². The van der Waals surface area contributed by atoms with E-state index in [9.17, 15) is 0 Å². The molecular formula is C23H39IN4O2. The Labute approximate surface area is 199 Å². The van der Waals surface area contributed by atoms with Gasteiger partial charge >= 0.3 is 0 Å². The second-order valence-corrected chi connectivity index (χ2v) is 9.16. The van der Waals surface area contributed by atoms with Crippen LogP contribution >= 0.6 is 24.0 Å². The Balaban J connectivity index is 0.00000320. The molecule has 0 radical (unpaired) electrons. The summed E-state index contributed by atoms with van der Waals surface area (Å²) >= 11 is 0. The van der Waals surface area contributed by atoms with Crippen LogP contribution in [0.2, 0.25) is 0 Å². The number of benzene rings is 1. The molecule has 170 valence electrons. The van der Waals surface area contributed by atoms with Gasteiger partial charge < -0.3 is 24.6 Å². The molecule has 6 nitrogen and oxygen atoms in total. The lowest BCUT2D eigenvalue weighted by molar-refractivity contribution is -0.0836. The van der Waals surface area contributed by atoms with Crippen molar-refractivity contribution in [3.05, 3.63) is 24.3 Å². The smallest absolute Gasteiger partial charge is 0.193 e. The number of nitrogens with zero attached hydrogens (tertiary/aromatic N) is 3. The summed E-state index contributed by atoms with van der Waals surface area (Å²) in [7, 11) is 3.59. The molecule has 0 bridgehead atoms. The topological polar surface area (TPSA) is 49.3 Å². The second kappa shape index (κ2) is 11.4. The van der Waals surface area contributed by atoms with Crippen LogP contribution in [0.25, 0.3) is 0 Å². The summed E-state index contributed by atoms with van der Waals surface area (Å²) in [4.78, 5) is 9.35. The fourth-order valence-electron chi connectivity index (χ4n) is 4.53. The van der Waals surface area contributed by atoms with Crippen LogP contribution in [-0.4, -0.2) is 70.5 Å². The number of aliphatic imine (C=N–C) groups is 1. The van der Waals surface area contributed by atoms with E-state index < -0.39 is 0 Å². The van der Waals surface area contributed by atoms with E-state index in [1.165, 1.54) is 12.1 Å². The highest BCUT2D eigenvalue weighted by Gasteiger charge is 2.35. The predicted molar refractivity (Wildman–Crippen MR) is 135 cm³/mol. The third kappa shape index (κ3) is 6.39. The highest BCUT2D eigenvalue weighted by atomic mass is 127. The van der Waals surface area contributed by atoms with E-state index in [1.807, 2.05) is 19.2 Å². The Kier molecular flexibility index (Phi) is 9.53. The lowest BCUT2D eigenvalue weighted by Gasteiger charge is -2.41. The van der Waals surface area contributed by atoms with Gasteiger partial charge in [0.25, 0.3) is 0 Å². The third-order valence-corrected chi connectivity index (χ3v) is 6.05. The fraction of sp³-hybridized carbons (Fsp3) is 0.696. The SMILES string of the molecule is CN=C(NCC1CCCOC1C(C)(C)C)N1CCN(c2ccc(OC)cc2)CC1.I. The van der Waals surface area contributed by atoms with Gasteiger partial charge in [0.15, 0.2) is 5.96 Å². The summed E-state index contributed by atoms with van der Waals surface area (Å²) < 4.78 is 11.4. The summed E-state index contributed by atoms with van der Waals surface area (Å²) in [5.41, 5.74) is 1.42. The second-order valence-electron chi connectivity index (χ2n) is 9.16. The average Bonchev–Trinajstić information content (AvgIpc) is 2.74. The molecule has 1 N–H and O–H groups in total. The Hall–Kier alpha value is -1.22. The summed E-state index contributed by atoms with van der Waals surface area (Å²) in [6.45, 7) is 12.6. The molecule has 2 heterocycles. The van der Waals surface area contributed by atoms with Gasteiger partial charge in [-0.3, -0.25) is 4.99 Å². The van der Waals surface area contributed by atoms with Crippen molar-refractivity contribution in [1.82, 2.24) is 10.2 Å². The normalized spacial score (nSPS) is 23.0. The minimum Gasteiger partial charge on any atom is -0.497 e. The van der Waals surface area contributed by atoms with Crippen LogP contribution in [0.4, 0.5) is 5.69 Å². The average molecular weight is 530 g/mol. The van der Waals surface area contributed by atoms with E-state index in [0.717, 1.165) is 57.5 Å². The predicted octanol–water partition coefficient (Wildman–Crippen LogP) is 3.85. The highest BCUT2D eigenvalue weighted by Crippen LogP contribution is 2.33. The molecule has 0 aliphatic carbocycles. The number of nitrogens with one attached hydrogen (secondary N) is 1. The van der Waals surface area contributed by atoms with Crippen LogP contribution in [0.5, 0.6) is 5.75 Å². The first-order valence-electron chi connectivity index (χ1n) is 10.9. The molecular weight excluding hydrogens is 491 g/mol. The largest absolute Gasteiger partial charge is 0.497 e. The molecule has 1 aromatic carbocycles. The number of rotatable bonds is 4. The number of ether oxygens (including phenoxy) is 2. The maximum atomic E-state index is 6.14. The molecule has 2 atom stereocenters. The van der Waals surface area contributed by atoms with Gasteiger partial charge in [0.05, 0.1) is 13.2 Å². The summed E-state index contributed by atoms with van der Waals surface area (Å²) in [6, 6.07) is 8.33. The molecule has 2 aliphatic heterocycles. The van der Waals surface area contributed by atoms with Crippen LogP contribution in [0.1, 0.15) is 33.6 Å². The van der Waals surface area contributed by atoms with Crippen molar-refractivity contribution in [3.8, 4) is 5.75 Å². The first-order valence-corrected chi connectivity index (χ1v) is 10.9. The quantitative estimate of drug-likeness (QED) is 0.364. The van der Waals surface area contributed by atoms with Gasteiger partial charge in [-0.2, -0.15) is 0 Å². The molecule has 2 fully saturated rings. The maximum absolute atomic E-state index is 6.14. The Morgan fingerprint density at radius 3 is 2.40 bits per heavy atom. The molecule has 0 saturated carbocycles. The Bertz CT molecular complexity index is 667. The van der Waals surface area contributed by atoms with E-state index in [0.29, 0.717) is 12.0 Å². The monoisotopic (exact) mass is 530 g/mol. The molecule has 1 aromatic rings. The number of guanidine groups is 1. The number of methoxy groups -OCH3 is 1. The van der Waals surface area contributed by atoms with Crippen LogP contribution in [-0.2, 0) is 4.74 Å². The number of hydrogen-bond acceptors (Lipinski definition) is 4. The zero-order valence-corrected chi connectivity index (χ0v) is 21.5. The van der Waals surface area contributed by atoms with Gasteiger partial charge in [-0.1, -0.05) is 20.8 Å². The lowest BCUT2D eigenvalue weighted by Crippen LogP contribution is -2.54. The third-order valence-electron chi connectivity index (χ3n) is 6.05. The highest BCUT2D eigenvalue weighted by molar-refractivity contribution is 14.0. The van der Waals surface area contributed by atoms with Gasteiger partial charge in [0.1, 0.15) is 5.75 Å². The minimum absolute atomic E-state index is 0. The van der Waals surface area contributed by atoms with Crippen molar-refractivity contribution < 1.29 is 9.47 Å². The summed E-state index contributed by atoms with van der Waals surface area (Å²) in [6.07, 6.45) is 2.67. The van der Waals surface area contributed by atoms with Gasteiger partial charge in [0, 0.05) is 58.0 Å². The molecule has 0 spiro atoms. The summed E-state index contributed by atoms with van der Waals surface area (Å²) in [5, 5.41) is 3.64. The minimum atomic E-state index is 0. The molecule has 3 rings (SSSR count). The number of piperazine rings is 1. The van der Waals surface area contributed by atoms with Crippen molar-refractivity contribution in [2.24, 2.45) is 16.3 Å². The zero-order valence-electron chi connectivity index (χ0n) is 19.2. The van der Waals surface area contributed by atoms with Crippen molar-refractivity contribution in [2.75, 3.05) is 58.4 Å². The van der Waals surface area contributed by atoms with E-state index in [2.05, 4.69) is 53.0 Å². The van der Waals surface area contributed by atoms with E-state index >= 15 is 0 Å². The number of anilines is 1. The fourth-order valence-corrected chi connectivity index (χ4v) is 4.53. The van der Waals surface area contributed by atoms with Crippen molar-refractivity contribution in [3.63, 3.8) is 0 Å². The van der Waals surface area contributed by atoms with Gasteiger partial charge in [-0.25, -0.2) is 0 Å².